The van der Waals surface area contributed by atoms with Gasteiger partial charge in [-0.3, -0.25) is 4.79 Å². The van der Waals surface area contributed by atoms with Crippen molar-refractivity contribution < 1.29 is 9.53 Å². The number of nitrogens with zero attached hydrogens (tertiary/aromatic N) is 2. The Kier molecular flexibility index (Phi) is 3.21. The minimum Gasteiger partial charge on any atom is -0.378 e. The highest BCUT2D eigenvalue weighted by atomic mass is 16.5. The molecule has 0 unspecified atom stereocenters. The monoisotopic (exact) mass is 274 g/mol. The third-order valence-electron chi connectivity index (χ3n) is 4.31. The normalized spacial score (nSPS) is 20.9. The first-order valence-electron chi connectivity index (χ1n) is 7.24. The summed E-state index contributed by atoms with van der Waals surface area (Å²) in [6.07, 6.45) is 0. The maximum absolute atomic E-state index is 11.9. The van der Waals surface area contributed by atoms with E-state index in [1.165, 1.54) is 11.3 Å². The van der Waals surface area contributed by atoms with E-state index < -0.39 is 0 Å². The molecular formula is C16H22N2O2. The Morgan fingerprint density at radius 3 is 2.60 bits per heavy atom. The van der Waals surface area contributed by atoms with Crippen molar-refractivity contribution in [2.24, 2.45) is 0 Å². The molecule has 20 heavy (non-hydrogen) atoms. The largest absolute Gasteiger partial charge is 0.378 e. The summed E-state index contributed by atoms with van der Waals surface area (Å²) in [5.41, 5.74) is 3.57. The number of carbonyl (C=O) groups excluding carboxylic acids is 1. The summed E-state index contributed by atoms with van der Waals surface area (Å²) in [5.74, 6) is 0.121. The standard InChI is InChI=1S/C16H22N2O2/c1-12(19)18-11-16(2,3)14-5-4-13(10-15(14)18)17-6-8-20-9-7-17/h4-5,10H,6-9,11H2,1-3H3. The highest BCUT2D eigenvalue weighted by Gasteiger charge is 2.37. The number of carbonyl (C=O) groups is 1. The van der Waals surface area contributed by atoms with Crippen molar-refractivity contribution in [1.82, 2.24) is 0 Å². The van der Waals surface area contributed by atoms with E-state index in [-0.39, 0.29) is 11.3 Å². The van der Waals surface area contributed by atoms with Gasteiger partial charge in [-0.15, -0.1) is 0 Å². The fourth-order valence-electron chi connectivity index (χ4n) is 3.18. The lowest BCUT2D eigenvalue weighted by molar-refractivity contribution is -0.116. The minimum atomic E-state index is 0.0323. The second kappa shape index (κ2) is 4.77. The Morgan fingerprint density at radius 2 is 1.95 bits per heavy atom. The Hall–Kier alpha value is -1.55. The maximum atomic E-state index is 11.9. The fourth-order valence-corrected chi connectivity index (χ4v) is 3.18. The number of anilines is 2. The molecule has 2 aliphatic rings. The molecular weight excluding hydrogens is 252 g/mol. The Bertz CT molecular complexity index is 533. The van der Waals surface area contributed by atoms with Gasteiger partial charge >= 0.3 is 0 Å². The Labute approximate surface area is 120 Å². The summed E-state index contributed by atoms with van der Waals surface area (Å²) < 4.78 is 5.40. The summed E-state index contributed by atoms with van der Waals surface area (Å²) in [6.45, 7) is 10.2. The lowest BCUT2D eigenvalue weighted by Crippen LogP contribution is -2.36. The zero-order chi connectivity index (χ0) is 14.3. The predicted molar refractivity (Wildman–Crippen MR) is 80.5 cm³/mol. The highest BCUT2D eigenvalue weighted by Crippen LogP contribution is 2.42. The molecule has 0 aliphatic carbocycles. The topological polar surface area (TPSA) is 32.8 Å². The molecule has 0 atom stereocenters. The third-order valence-corrected chi connectivity index (χ3v) is 4.31. The van der Waals surface area contributed by atoms with Crippen LogP contribution in [0.25, 0.3) is 0 Å². The Balaban J connectivity index is 1.98. The van der Waals surface area contributed by atoms with Crippen LogP contribution in [0.3, 0.4) is 0 Å². The minimum absolute atomic E-state index is 0.0323. The molecule has 1 amide bonds. The molecule has 0 saturated carbocycles. The number of ether oxygens (including phenoxy) is 1. The van der Waals surface area contributed by atoms with Crippen LogP contribution in [0.2, 0.25) is 0 Å². The smallest absolute Gasteiger partial charge is 0.223 e. The van der Waals surface area contributed by atoms with Crippen molar-refractivity contribution in [3.63, 3.8) is 0 Å². The SMILES string of the molecule is CC(=O)N1CC(C)(C)c2ccc(N3CCOCC3)cc21. The average molecular weight is 274 g/mol. The zero-order valence-corrected chi connectivity index (χ0v) is 12.5. The van der Waals surface area contributed by atoms with Crippen LogP contribution in [0.5, 0.6) is 0 Å². The lowest BCUT2D eigenvalue weighted by atomic mass is 9.87. The van der Waals surface area contributed by atoms with Gasteiger partial charge in [-0.1, -0.05) is 19.9 Å². The van der Waals surface area contributed by atoms with Gasteiger partial charge in [0.1, 0.15) is 0 Å². The molecule has 1 aromatic rings. The van der Waals surface area contributed by atoms with E-state index in [4.69, 9.17) is 4.74 Å². The molecule has 2 heterocycles. The molecule has 2 aliphatic heterocycles. The van der Waals surface area contributed by atoms with Crippen molar-refractivity contribution in [2.45, 2.75) is 26.2 Å². The second-order valence-electron chi connectivity index (χ2n) is 6.29. The number of fused-ring (bicyclic) bond motifs is 1. The molecule has 1 fully saturated rings. The van der Waals surface area contributed by atoms with Crippen LogP contribution in [0.1, 0.15) is 26.3 Å². The third kappa shape index (κ3) is 2.18. The number of morpholine rings is 1. The van der Waals surface area contributed by atoms with E-state index in [1.54, 1.807) is 6.92 Å². The predicted octanol–water partition coefficient (Wildman–Crippen LogP) is 2.17. The molecule has 1 aromatic carbocycles. The summed E-state index contributed by atoms with van der Waals surface area (Å²) in [6, 6.07) is 6.52. The molecule has 4 nitrogen and oxygen atoms in total. The quantitative estimate of drug-likeness (QED) is 0.787. The molecule has 0 N–H and O–H groups in total. The van der Waals surface area contributed by atoms with Crippen LogP contribution in [0.4, 0.5) is 11.4 Å². The molecule has 0 aromatic heterocycles. The molecule has 0 spiro atoms. The van der Waals surface area contributed by atoms with E-state index in [9.17, 15) is 4.79 Å². The van der Waals surface area contributed by atoms with Crippen LogP contribution in [-0.4, -0.2) is 38.8 Å². The van der Waals surface area contributed by atoms with Crippen LogP contribution >= 0.6 is 0 Å². The Morgan fingerprint density at radius 1 is 1.25 bits per heavy atom. The summed E-state index contributed by atoms with van der Waals surface area (Å²) >= 11 is 0. The van der Waals surface area contributed by atoms with Crippen molar-refractivity contribution in [2.75, 3.05) is 42.6 Å². The van der Waals surface area contributed by atoms with Crippen molar-refractivity contribution in [1.29, 1.82) is 0 Å². The van der Waals surface area contributed by atoms with Gasteiger partial charge in [-0.25, -0.2) is 0 Å². The zero-order valence-electron chi connectivity index (χ0n) is 12.5. The van der Waals surface area contributed by atoms with Crippen LogP contribution in [-0.2, 0) is 14.9 Å². The second-order valence-corrected chi connectivity index (χ2v) is 6.29. The van der Waals surface area contributed by atoms with Gasteiger partial charge in [-0.2, -0.15) is 0 Å². The van der Waals surface area contributed by atoms with Gasteiger partial charge in [0, 0.05) is 43.3 Å². The van der Waals surface area contributed by atoms with E-state index in [0.29, 0.717) is 0 Å². The van der Waals surface area contributed by atoms with Crippen LogP contribution in [0.15, 0.2) is 18.2 Å². The van der Waals surface area contributed by atoms with Gasteiger partial charge in [-0.05, 0) is 17.7 Å². The summed E-state index contributed by atoms with van der Waals surface area (Å²) in [5, 5.41) is 0. The summed E-state index contributed by atoms with van der Waals surface area (Å²) in [7, 11) is 0. The maximum Gasteiger partial charge on any atom is 0.223 e. The van der Waals surface area contributed by atoms with Crippen molar-refractivity contribution >= 4 is 17.3 Å². The molecule has 4 heteroatoms. The van der Waals surface area contributed by atoms with E-state index in [0.717, 1.165) is 38.5 Å². The number of rotatable bonds is 1. The fraction of sp³-hybridized carbons (Fsp3) is 0.562. The van der Waals surface area contributed by atoms with Crippen molar-refractivity contribution in [3.05, 3.63) is 23.8 Å². The molecule has 3 rings (SSSR count). The van der Waals surface area contributed by atoms with E-state index >= 15 is 0 Å². The van der Waals surface area contributed by atoms with Crippen molar-refractivity contribution in [3.8, 4) is 0 Å². The first-order chi connectivity index (χ1) is 9.49. The number of hydrogen-bond acceptors (Lipinski definition) is 3. The van der Waals surface area contributed by atoms with E-state index in [1.807, 2.05) is 4.90 Å². The lowest BCUT2D eigenvalue weighted by Gasteiger charge is -2.29. The van der Waals surface area contributed by atoms with Gasteiger partial charge in [0.15, 0.2) is 0 Å². The van der Waals surface area contributed by atoms with Crippen LogP contribution in [0, 0.1) is 0 Å². The molecule has 0 bridgehead atoms. The number of benzene rings is 1. The molecule has 108 valence electrons. The first-order valence-corrected chi connectivity index (χ1v) is 7.24. The van der Waals surface area contributed by atoms with Gasteiger partial charge in [0.2, 0.25) is 5.91 Å². The number of hydrogen-bond donors (Lipinski definition) is 0. The first kappa shape index (κ1) is 13.4. The molecule has 1 saturated heterocycles. The van der Waals surface area contributed by atoms with Crippen LogP contribution < -0.4 is 9.80 Å². The molecule has 0 radical (unpaired) electrons. The summed E-state index contributed by atoms with van der Waals surface area (Å²) in [4.78, 5) is 16.1. The van der Waals surface area contributed by atoms with Gasteiger partial charge < -0.3 is 14.5 Å². The van der Waals surface area contributed by atoms with Gasteiger partial charge in [0.05, 0.1) is 13.2 Å². The number of amides is 1. The van der Waals surface area contributed by atoms with Gasteiger partial charge in [0.25, 0.3) is 0 Å². The average Bonchev–Trinajstić information content (AvgIpc) is 2.71. The highest BCUT2D eigenvalue weighted by molar-refractivity contribution is 5.95. The van der Waals surface area contributed by atoms with E-state index in [2.05, 4.69) is 36.9 Å².